The van der Waals surface area contributed by atoms with E-state index in [1.165, 1.54) is 12.4 Å². The number of aromatic amines is 1. The Morgan fingerprint density at radius 2 is 2.11 bits per heavy atom. The number of anilines is 1. The van der Waals surface area contributed by atoms with Gasteiger partial charge in [-0.2, -0.15) is 13.2 Å². The number of aromatic nitrogens is 4. The molecule has 0 radical (unpaired) electrons. The number of carbonyl (C=O) groups excluding carboxylic acids is 1. The van der Waals surface area contributed by atoms with Crippen LogP contribution in [0.25, 0.3) is 0 Å². The molecule has 0 aromatic carbocycles. The monoisotopic (exact) mass is 402 g/mol. The second-order valence-electron chi connectivity index (χ2n) is 6.04. The zero-order chi connectivity index (χ0) is 20.3. The highest BCUT2D eigenvalue weighted by molar-refractivity contribution is 5.90. The minimum absolute atomic E-state index is 0.0773. The Hall–Kier alpha value is -2.77. The predicted molar refractivity (Wildman–Crippen MR) is 87.1 cm³/mol. The summed E-state index contributed by atoms with van der Waals surface area (Å²) in [6.45, 7) is -0.245. The molecule has 3 heterocycles. The minimum atomic E-state index is -4.66. The van der Waals surface area contributed by atoms with E-state index in [0.29, 0.717) is 6.20 Å². The number of hydrogen-bond donors (Lipinski definition) is 5. The molecular weight excluding hydrogens is 385 g/mol. The van der Waals surface area contributed by atoms with Gasteiger partial charge in [0.2, 0.25) is 0 Å². The number of amides is 1. The molecule has 5 N–H and O–H groups in total. The number of H-pyrrole nitrogens is 1. The number of rotatable bonds is 5. The molecule has 2 aromatic rings. The standard InChI is InChI=1S/C15H17F3N6O4/c16-15(17,18)9-4-19-5-10(24-9)23-7-6-28-8(12(26)11(7)25)3-22-14(27)13-20-1-2-21-13/h1-2,4-5,7-8,11-12,25-26H,3,6H2,(H,20,21)(H,22,27)(H,23,24)/t7-,8+,11+,12-/m0/s1. The van der Waals surface area contributed by atoms with Crippen LogP contribution in [0.2, 0.25) is 0 Å². The first kappa shape index (κ1) is 20.0. The van der Waals surface area contributed by atoms with Crippen molar-refractivity contribution >= 4 is 11.7 Å². The maximum Gasteiger partial charge on any atom is 0.434 e. The van der Waals surface area contributed by atoms with Gasteiger partial charge in [0.25, 0.3) is 5.91 Å². The maximum atomic E-state index is 12.7. The largest absolute Gasteiger partial charge is 0.434 e. The molecule has 0 unspecified atom stereocenters. The molecule has 1 amide bonds. The van der Waals surface area contributed by atoms with E-state index in [0.717, 1.165) is 6.20 Å². The third-order valence-electron chi connectivity index (χ3n) is 4.07. The van der Waals surface area contributed by atoms with Gasteiger partial charge in [-0.15, -0.1) is 0 Å². The van der Waals surface area contributed by atoms with Crippen LogP contribution in [0.5, 0.6) is 0 Å². The van der Waals surface area contributed by atoms with Gasteiger partial charge in [0, 0.05) is 18.9 Å². The van der Waals surface area contributed by atoms with Gasteiger partial charge >= 0.3 is 6.18 Å². The van der Waals surface area contributed by atoms with Gasteiger partial charge in [-0.1, -0.05) is 0 Å². The lowest BCUT2D eigenvalue weighted by Gasteiger charge is -2.38. The lowest BCUT2D eigenvalue weighted by atomic mass is 9.98. The van der Waals surface area contributed by atoms with Gasteiger partial charge in [0.1, 0.15) is 24.1 Å². The van der Waals surface area contributed by atoms with Crippen molar-refractivity contribution in [1.82, 2.24) is 25.3 Å². The van der Waals surface area contributed by atoms with E-state index in [1.807, 2.05) is 0 Å². The fourth-order valence-corrected chi connectivity index (χ4v) is 2.62. The van der Waals surface area contributed by atoms with Crippen LogP contribution in [-0.4, -0.2) is 73.6 Å². The maximum absolute atomic E-state index is 12.7. The summed E-state index contributed by atoms with van der Waals surface area (Å²) < 4.78 is 43.5. The summed E-state index contributed by atoms with van der Waals surface area (Å²) in [6.07, 6.45) is -3.86. The molecule has 3 rings (SSSR count). The molecular formula is C15H17F3N6O4. The molecule has 10 nitrogen and oxygen atoms in total. The van der Waals surface area contributed by atoms with E-state index in [4.69, 9.17) is 4.74 Å². The molecule has 0 spiro atoms. The molecule has 152 valence electrons. The molecule has 28 heavy (non-hydrogen) atoms. The second kappa shape index (κ2) is 8.08. The fourth-order valence-electron chi connectivity index (χ4n) is 2.62. The quantitative estimate of drug-likeness (QED) is 0.452. The normalized spacial score (nSPS) is 25.3. The van der Waals surface area contributed by atoms with E-state index in [-0.39, 0.29) is 24.8 Å². The van der Waals surface area contributed by atoms with Crippen molar-refractivity contribution in [3.8, 4) is 0 Å². The van der Waals surface area contributed by atoms with Crippen LogP contribution in [0.3, 0.4) is 0 Å². The highest BCUT2D eigenvalue weighted by Crippen LogP contribution is 2.28. The second-order valence-corrected chi connectivity index (χ2v) is 6.04. The first-order valence-corrected chi connectivity index (χ1v) is 8.17. The van der Waals surface area contributed by atoms with Crippen molar-refractivity contribution in [1.29, 1.82) is 0 Å². The number of carbonyl (C=O) groups is 1. The highest BCUT2D eigenvalue weighted by atomic mass is 19.4. The van der Waals surface area contributed by atoms with Crippen molar-refractivity contribution in [3.05, 3.63) is 36.3 Å². The predicted octanol–water partition coefficient (Wildman–Crippen LogP) is -0.450. The minimum Gasteiger partial charge on any atom is -0.388 e. The molecule has 0 aliphatic carbocycles. The van der Waals surface area contributed by atoms with Crippen LogP contribution < -0.4 is 10.6 Å². The van der Waals surface area contributed by atoms with Crippen LogP contribution in [0.1, 0.15) is 16.3 Å². The summed E-state index contributed by atoms with van der Waals surface area (Å²) in [7, 11) is 0. The number of alkyl halides is 3. The average molecular weight is 402 g/mol. The van der Waals surface area contributed by atoms with E-state index < -0.39 is 42.1 Å². The summed E-state index contributed by atoms with van der Waals surface area (Å²) in [5, 5.41) is 25.5. The van der Waals surface area contributed by atoms with Crippen molar-refractivity contribution in [2.75, 3.05) is 18.5 Å². The molecule has 1 aliphatic rings. The van der Waals surface area contributed by atoms with Crippen molar-refractivity contribution in [2.45, 2.75) is 30.5 Å². The van der Waals surface area contributed by atoms with Crippen molar-refractivity contribution in [3.63, 3.8) is 0 Å². The number of halogens is 3. The molecule has 0 saturated carbocycles. The van der Waals surface area contributed by atoms with Gasteiger partial charge in [0.05, 0.1) is 25.0 Å². The average Bonchev–Trinajstić information content (AvgIpc) is 3.19. The Morgan fingerprint density at radius 3 is 2.79 bits per heavy atom. The topological polar surface area (TPSA) is 145 Å². The van der Waals surface area contributed by atoms with Crippen LogP contribution >= 0.6 is 0 Å². The molecule has 1 fully saturated rings. The Labute approximate surface area is 156 Å². The number of nitrogens with zero attached hydrogens (tertiary/aromatic N) is 3. The number of ether oxygens (including phenoxy) is 1. The Morgan fingerprint density at radius 1 is 1.32 bits per heavy atom. The summed E-state index contributed by atoms with van der Waals surface area (Å²) in [5.74, 6) is -0.664. The SMILES string of the molecule is O=C(NC[C@H]1OC[C@H](Nc2cncc(C(F)(F)F)n2)[C@@H](O)[C@H]1O)c1ncc[nH]1. The van der Waals surface area contributed by atoms with Crippen molar-refractivity contribution < 1.29 is 32.9 Å². The first-order valence-electron chi connectivity index (χ1n) is 8.17. The van der Waals surface area contributed by atoms with Crippen LogP contribution in [0.4, 0.5) is 19.0 Å². The van der Waals surface area contributed by atoms with Crippen LogP contribution in [0, 0.1) is 0 Å². The van der Waals surface area contributed by atoms with E-state index in [9.17, 15) is 28.2 Å². The Balaban J connectivity index is 1.57. The summed E-state index contributed by atoms with van der Waals surface area (Å²) in [6, 6.07) is -0.926. The van der Waals surface area contributed by atoms with E-state index in [2.05, 4.69) is 30.6 Å². The summed E-state index contributed by atoms with van der Waals surface area (Å²) >= 11 is 0. The highest BCUT2D eigenvalue weighted by Gasteiger charge is 2.39. The molecule has 2 aromatic heterocycles. The molecule has 4 atom stereocenters. The number of imidazole rings is 1. The Kier molecular flexibility index (Phi) is 5.76. The Bertz CT molecular complexity index is 803. The molecule has 0 bridgehead atoms. The fraction of sp³-hybridized carbons (Fsp3) is 0.467. The number of hydrogen-bond acceptors (Lipinski definition) is 8. The molecule has 1 saturated heterocycles. The van der Waals surface area contributed by atoms with E-state index in [1.54, 1.807) is 0 Å². The molecule has 13 heteroatoms. The van der Waals surface area contributed by atoms with Crippen molar-refractivity contribution in [2.24, 2.45) is 0 Å². The van der Waals surface area contributed by atoms with E-state index >= 15 is 0 Å². The zero-order valence-corrected chi connectivity index (χ0v) is 14.2. The van der Waals surface area contributed by atoms with Gasteiger partial charge < -0.3 is 30.6 Å². The number of nitrogens with one attached hydrogen (secondary N) is 3. The number of aliphatic hydroxyl groups excluding tert-OH is 2. The molecule has 1 aliphatic heterocycles. The zero-order valence-electron chi connectivity index (χ0n) is 14.2. The van der Waals surface area contributed by atoms with Crippen LogP contribution in [-0.2, 0) is 10.9 Å². The third-order valence-corrected chi connectivity index (χ3v) is 4.07. The van der Waals surface area contributed by atoms with Gasteiger partial charge in [-0.3, -0.25) is 9.78 Å². The van der Waals surface area contributed by atoms with Gasteiger partial charge in [-0.25, -0.2) is 9.97 Å². The van der Waals surface area contributed by atoms with Crippen LogP contribution in [0.15, 0.2) is 24.8 Å². The van der Waals surface area contributed by atoms with Gasteiger partial charge in [0.15, 0.2) is 11.5 Å². The lowest BCUT2D eigenvalue weighted by Crippen LogP contribution is -2.58. The van der Waals surface area contributed by atoms with Gasteiger partial charge in [-0.05, 0) is 0 Å². The summed E-state index contributed by atoms with van der Waals surface area (Å²) in [5.41, 5.74) is -1.19. The lowest BCUT2D eigenvalue weighted by molar-refractivity contribution is -0.141. The summed E-state index contributed by atoms with van der Waals surface area (Å²) in [4.78, 5) is 25.1. The smallest absolute Gasteiger partial charge is 0.388 e. The number of aliphatic hydroxyl groups is 2. The first-order chi connectivity index (χ1) is 13.3. The third kappa shape index (κ3) is 4.55.